The number of pyridine rings is 1. The Labute approximate surface area is 181 Å². The lowest BCUT2D eigenvalue weighted by molar-refractivity contribution is 0.102. The Morgan fingerprint density at radius 1 is 1.00 bits per heavy atom. The SMILES string of the molecule is Cc1cc(C(=O)Nc2cnn(Cc3ccccc3)c2)cc(C)c1OCc1cccnc1. The minimum atomic E-state index is -0.177. The smallest absolute Gasteiger partial charge is 0.255 e. The molecule has 156 valence electrons. The maximum absolute atomic E-state index is 12.8. The number of hydrogen-bond donors (Lipinski definition) is 1. The van der Waals surface area contributed by atoms with Gasteiger partial charge in [0.25, 0.3) is 5.91 Å². The number of rotatable bonds is 7. The van der Waals surface area contributed by atoms with Gasteiger partial charge in [0.15, 0.2) is 0 Å². The summed E-state index contributed by atoms with van der Waals surface area (Å²) in [6.45, 7) is 4.97. The van der Waals surface area contributed by atoms with E-state index in [9.17, 15) is 4.79 Å². The summed E-state index contributed by atoms with van der Waals surface area (Å²) < 4.78 is 7.78. The number of anilines is 1. The number of hydrogen-bond acceptors (Lipinski definition) is 4. The average molecular weight is 412 g/mol. The maximum atomic E-state index is 12.8. The molecule has 0 saturated carbocycles. The van der Waals surface area contributed by atoms with Gasteiger partial charge in [-0.05, 0) is 48.7 Å². The molecule has 2 heterocycles. The van der Waals surface area contributed by atoms with E-state index in [1.807, 2.05) is 74.6 Å². The number of ether oxygens (including phenoxy) is 1. The first kappa shape index (κ1) is 20.3. The van der Waals surface area contributed by atoms with E-state index < -0.39 is 0 Å². The molecule has 0 aliphatic carbocycles. The first-order valence-electron chi connectivity index (χ1n) is 10.1. The molecule has 31 heavy (non-hydrogen) atoms. The van der Waals surface area contributed by atoms with E-state index in [1.165, 1.54) is 0 Å². The highest BCUT2D eigenvalue weighted by atomic mass is 16.5. The van der Waals surface area contributed by atoms with Crippen LogP contribution in [0.15, 0.2) is 79.4 Å². The largest absolute Gasteiger partial charge is 0.488 e. The molecular formula is C25H24N4O2. The van der Waals surface area contributed by atoms with Crippen molar-refractivity contribution in [2.45, 2.75) is 27.0 Å². The number of benzene rings is 2. The van der Waals surface area contributed by atoms with Crippen LogP contribution >= 0.6 is 0 Å². The third-order valence-corrected chi connectivity index (χ3v) is 4.91. The molecule has 1 N–H and O–H groups in total. The number of nitrogens with one attached hydrogen (secondary N) is 1. The van der Waals surface area contributed by atoms with Gasteiger partial charge in [-0.3, -0.25) is 14.5 Å². The minimum absolute atomic E-state index is 0.177. The third-order valence-electron chi connectivity index (χ3n) is 4.91. The van der Waals surface area contributed by atoms with Gasteiger partial charge >= 0.3 is 0 Å². The summed E-state index contributed by atoms with van der Waals surface area (Å²) >= 11 is 0. The Bertz CT molecular complexity index is 1150. The fourth-order valence-electron chi connectivity index (χ4n) is 3.44. The van der Waals surface area contributed by atoms with Crippen LogP contribution in [-0.2, 0) is 13.2 Å². The summed E-state index contributed by atoms with van der Waals surface area (Å²) in [5, 5.41) is 7.26. The molecule has 0 aliphatic rings. The van der Waals surface area contributed by atoms with Crippen LogP contribution in [0, 0.1) is 13.8 Å². The monoisotopic (exact) mass is 412 g/mol. The van der Waals surface area contributed by atoms with Crippen molar-refractivity contribution >= 4 is 11.6 Å². The van der Waals surface area contributed by atoms with Gasteiger partial charge in [-0.15, -0.1) is 0 Å². The highest BCUT2D eigenvalue weighted by Crippen LogP contribution is 2.26. The summed E-state index contributed by atoms with van der Waals surface area (Å²) in [4.78, 5) is 16.9. The van der Waals surface area contributed by atoms with Gasteiger partial charge in [-0.1, -0.05) is 36.4 Å². The maximum Gasteiger partial charge on any atom is 0.255 e. The van der Waals surface area contributed by atoms with Crippen LogP contribution in [0.4, 0.5) is 5.69 Å². The molecule has 0 radical (unpaired) electrons. The van der Waals surface area contributed by atoms with Crippen LogP contribution in [0.5, 0.6) is 5.75 Å². The predicted octanol–water partition coefficient (Wildman–Crippen LogP) is 4.77. The van der Waals surface area contributed by atoms with Crippen LogP contribution in [0.25, 0.3) is 0 Å². The molecular weight excluding hydrogens is 388 g/mol. The summed E-state index contributed by atoms with van der Waals surface area (Å²) in [6.07, 6.45) is 7.01. The molecule has 6 heteroatoms. The number of carbonyl (C=O) groups is 1. The number of carbonyl (C=O) groups excluding carboxylic acids is 1. The molecule has 2 aromatic carbocycles. The van der Waals surface area contributed by atoms with Crippen molar-refractivity contribution in [3.8, 4) is 5.75 Å². The summed E-state index contributed by atoms with van der Waals surface area (Å²) in [5.41, 5.74) is 5.21. The van der Waals surface area contributed by atoms with Crippen molar-refractivity contribution in [2.75, 3.05) is 5.32 Å². The fraction of sp³-hybridized carbons (Fsp3) is 0.160. The Kier molecular flexibility index (Phi) is 6.08. The fourth-order valence-corrected chi connectivity index (χ4v) is 3.44. The molecule has 0 saturated heterocycles. The van der Waals surface area contributed by atoms with E-state index in [0.29, 0.717) is 24.4 Å². The zero-order valence-corrected chi connectivity index (χ0v) is 17.6. The van der Waals surface area contributed by atoms with Crippen molar-refractivity contribution in [1.29, 1.82) is 0 Å². The van der Waals surface area contributed by atoms with Crippen LogP contribution in [-0.4, -0.2) is 20.7 Å². The number of aromatic nitrogens is 3. The summed E-state index contributed by atoms with van der Waals surface area (Å²) in [7, 11) is 0. The lowest BCUT2D eigenvalue weighted by atomic mass is 10.0. The second-order valence-corrected chi connectivity index (χ2v) is 7.46. The lowest BCUT2D eigenvalue weighted by Crippen LogP contribution is -2.12. The van der Waals surface area contributed by atoms with Gasteiger partial charge < -0.3 is 10.1 Å². The van der Waals surface area contributed by atoms with E-state index in [1.54, 1.807) is 23.3 Å². The Morgan fingerprint density at radius 2 is 1.74 bits per heavy atom. The average Bonchev–Trinajstić information content (AvgIpc) is 3.21. The first-order chi connectivity index (χ1) is 15.1. The highest BCUT2D eigenvalue weighted by Gasteiger charge is 2.13. The molecule has 6 nitrogen and oxygen atoms in total. The third kappa shape index (κ3) is 5.17. The van der Waals surface area contributed by atoms with Gasteiger partial charge in [0.1, 0.15) is 12.4 Å². The predicted molar refractivity (Wildman–Crippen MR) is 120 cm³/mol. The van der Waals surface area contributed by atoms with Gasteiger partial charge in [-0.25, -0.2) is 0 Å². The molecule has 0 unspecified atom stereocenters. The second-order valence-electron chi connectivity index (χ2n) is 7.46. The van der Waals surface area contributed by atoms with E-state index in [-0.39, 0.29) is 5.91 Å². The molecule has 0 fully saturated rings. The molecule has 4 aromatic rings. The lowest BCUT2D eigenvalue weighted by Gasteiger charge is -2.14. The molecule has 0 atom stereocenters. The number of amides is 1. The summed E-state index contributed by atoms with van der Waals surface area (Å²) in [6, 6.07) is 17.6. The zero-order chi connectivity index (χ0) is 21.6. The van der Waals surface area contributed by atoms with Gasteiger partial charge in [0, 0.05) is 29.7 Å². The van der Waals surface area contributed by atoms with Crippen LogP contribution in [0.3, 0.4) is 0 Å². The van der Waals surface area contributed by atoms with Crippen LogP contribution in [0.2, 0.25) is 0 Å². The minimum Gasteiger partial charge on any atom is -0.488 e. The zero-order valence-electron chi connectivity index (χ0n) is 17.6. The van der Waals surface area contributed by atoms with Crippen molar-refractivity contribution in [3.63, 3.8) is 0 Å². The molecule has 0 bridgehead atoms. The van der Waals surface area contributed by atoms with Crippen molar-refractivity contribution in [3.05, 3.63) is 107 Å². The van der Waals surface area contributed by atoms with E-state index in [0.717, 1.165) is 28.0 Å². The summed E-state index contributed by atoms with van der Waals surface area (Å²) in [5.74, 6) is 0.611. The topological polar surface area (TPSA) is 69.0 Å². The highest BCUT2D eigenvalue weighted by molar-refractivity contribution is 6.04. The van der Waals surface area contributed by atoms with Crippen LogP contribution < -0.4 is 10.1 Å². The van der Waals surface area contributed by atoms with E-state index in [4.69, 9.17) is 4.74 Å². The van der Waals surface area contributed by atoms with Gasteiger partial charge in [0.05, 0.1) is 18.4 Å². The molecule has 0 spiro atoms. The van der Waals surface area contributed by atoms with Gasteiger partial charge in [0.2, 0.25) is 0 Å². The van der Waals surface area contributed by atoms with E-state index in [2.05, 4.69) is 15.4 Å². The van der Waals surface area contributed by atoms with Crippen molar-refractivity contribution < 1.29 is 9.53 Å². The van der Waals surface area contributed by atoms with Crippen LogP contribution in [0.1, 0.15) is 32.6 Å². The Balaban J connectivity index is 1.42. The van der Waals surface area contributed by atoms with Crippen molar-refractivity contribution in [1.82, 2.24) is 14.8 Å². The standard InChI is InChI=1S/C25H24N4O2/c1-18-11-22(12-19(2)24(18)31-17-21-9-6-10-26-13-21)25(30)28-23-14-27-29(16-23)15-20-7-4-3-5-8-20/h3-14,16H,15,17H2,1-2H3,(H,28,30). The van der Waals surface area contributed by atoms with Gasteiger partial charge in [-0.2, -0.15) is 5.10 Å². The normalized spacial score (nSPS) is 10.6. The molecule has 2 aromatic heterocycles. The van der Waals surface area contributed by atoms with E-state index >= 15 is 0 Å². The number of aryl methyl sites for hydroxylation is 2. The molecule has 1 amide bonds. The quantitative estimate of drug-likeness (QED) is 0.475. The Hall–Kier alpha value is -3.93. The molecule has 0 aliphatic heterocycles. The van der Waals surface area contributed by atoms with Crippen molar-refractivity contribution in [2.24, 2.45) is 0 Å². The Morgan fingerprint density at radius 3 is 2.45 bits per heavy atom. The second kappa shape index (κ2) is 9.26. The first-order valence-corrected chi connectivity index (χ1v) is 10.1. The molecule has 4 rings (SSSR count). The number of nitrogens with zero attached hydrogens (tertiary/aromatic N) is 3.